The standard InChI is InChI=1S/C21H21NO4/c1-2-3-12-25-18-11-7-10-16-13-17(21(24)26-19(16)18)20(23)22-14-15-8-5-4-6-9-15/h4-11,13H,2-3,12,14H2,1H3,(H,22,23). The molecule has 0 atom stereocenters. The Labute approximate surface area is 151 Å². The van der Waals surface area contributed by atoms with Gasteiger partial charge in [-0.05, 0) is 24.1 Å². The van der Waals surface area contributed by atoms with Crippen molar-refractivity contribution < 1.29 is 13.9 Å². The van der Waals surface area contributed by atoms with Crippen molar-refractivity contribution in [1.82, 2.24) is 5.32 Å². The maximum Gasteiger partial charge on any atom is 0.349 e. The quantitative estimate of drug-likeness (QED) is 0.518. The lowest BCUT2D eigenvalue weighted by atomic mass is 10.1. The summed E-state index contributed by atoms with van der Waals surface area (Å²) in [6.45, 7) is 2.98. The van der Waals surface area contributed by atoms with Crippen molar-refractivity contribution in [1.29, 1.82) is 0 Å². The van der Waals surface area contributed by atoms with E-state index in [0.717, 1.165) is 18.4 Å². The Morgan fingerprint density at radius 2 is 1.92 bits per heavy atom. The molecule has 5 heteroatoms. The first-order valence-electron chi connectivity index (χ1n) is 8.71. The molecule has 0 saturated carbocycles. The van der Waals surface area contributed by atoms with Crippen LogP contribution in [-0.2, 0) is 6.54 Å². The van der Waals surface area contributed by atoms with Crippen molar-refractivity contribution in [2.24, 2.45) is 0 Å². The van der Waals surface area contributed by atoms with Gasteiger partial charge in [-0.3, -0.25) is 4.79 Å². The average molecular weight is 351 g/mol. The number of carbonyl (C=O) groups excluding carboxylic acids is 1. The summed E-state index contributed by atoms with van der Waals surface area (Å²) < 4.78 is 11.1. The molecule has 0 fully saturated rings. The van der Waals surface area contributed by atoms with Gasteiger partial charge in [0.25, 0.3) is 5.91 Å². The molecule has 1 amide bonds. The molecule has 3 rings (SSSR count). The highest BCUT2D eigenvalue weighted by Crippen LogP contribution is 2.25. The predicted molar refractivity (Wildman–Crippen MR) is 100 cm³/mol. The minimum absolute atomic E-state index is 0.0147. The van der Waals surface area contributed by atoms with Crippen molar-refractivity contribution in [2.75, 3.05) is 6.61 Å². The number of nitrogens with one attached hydrogen (secondary N) is 1. The van der Waals surface area contributed by atoms with Crippen LogP contribution >= 0.6 is 0 Å². The summed E-state index contributed by atoms with van der Waals surface area (Å²) in [5, 5.41) is 3.40. The first kappa shape index (κ1) is 17.7. The fraction of sp³-hybridized carbons (Fsp3) is 0.238. The maximum absolute atomic E-state index is 12.4. The Balaban J connectivity index is 1.82. The number of benzene rings is 2. The van der Waals surface area contributed by atoms with E-state index in [1.807, 2.05) is 36.4 Å². The minimum atomic E-state index is -0.672. The summed E-state index contributed by atoms with van der Waals surface area (Å²) >= 11 is 0. The van der Waals surface area contributed by atoms with Crippen LogP contribution in [0.1, 0.15) is 35.7 Å². The Morgan fingerprint density at radius 3 is 2.69 bits per heavy atom. The SMILES string of the molecule is CCCCOc1cccc2cc(C(=O)NCc3ccccc3)c(=O)oc12. The molecule has 0 aliphatic rings. The third-order valence-corrected chi connectivity index (χ3v) is 4.02. The number of para-hydroxylation sites is 1. The van der Waals surface area contributed by atoms with Gasteiger partial charge in [0.2, 0.25) is 0 Å². The van der Waals surface area contributed by atoms with Crippen molar-refractivity contribution in [3.8, 4) is 5.75 Å². The van der Waals surface area contributed by atoms with Gasteiger partial charge in [0, 0.05) is 11.9 Å². The van der Waals surface area contributed by atoms with Crippen molar-refractivity contribution in [3.05, 3.63) is 76.1 Å². The molecule has 0 unspecified atom stereocenters. The number of fused-ring (bicyclic) bond motifs is 1. The molecular formula is C21H21NO4. The molecule has 1 heterocycles. The highest BCUT2D eigenvalue weighted by molar-refractivity contribution is 5.97. The number of rotatable bonds is 7. The first-order chi connectivity index (χ1) is 12.7. The zero-order chi connectivity index (χ0) is 18.4. The van der Waals surface area contributed by atoms with Crippen LogP contribution in [0.25, 0.3) is 11.0 Å². The molecule has 5 nitrogen and oxygen atoms in total. The van der Waals surface area contributed by atoms with E-state index in [2.05, 4.69) is 12.2 Å². The van der Waals surface area contributed by atoms with Crippen LogP contribution < -0.4 is 15.7 Å². The van der Waals surface area contributed by atoms with Gasteiger partial charge in [0.1, 0.15) is 5.56 Å². The van der Waals surface area contributed by atoms with Crippen LogP contribution in [0.2, 0.25) is 0 Å². The van der Waals surface area contributed by atoms with Gasteiger partial charge < -0.3 is 14.5 Å². The summed E-state index contributed by atoms with van der Waals surface area (Å²) in [5.41, 5.74) is 0.639. The second-order valence-corrected chi connectivity index (χ2v) is 5.99. The zero-order valence-electron chi connectivity index (χ0n) is 14.7. The lowest BCUT2D eigenvalue weighted by Crippen LogP contribution is -2.27. The number of carbonyl (C=O) groups is 1. The van der Waals surface area contributed by atoms with E-state index in [1.165, 1.54) is 0 Å². The molecule has 0 radical (unpaired) electrons. The Bertz CT molecular complexity index is 947. The molecule has 1 N–H and O–H groups in total. The monoisotopic (exact) mass is 351 g/mol. The van der Waals surface area contributed by atoms with Crippen LogP contribution in [0.4, 0.5) is 0 Å². The Morgan fingerprint density at radius 1 is 1.12 bits per heavy atom. The molecule has 1 aromatic heterocycles. The molecule has 0 aliphatic carbocycles. The summed E-state index contributed by atoms with van der Waals surface area (Å²) in [7, 11) is 0. The van der Waals surface area contributed by atoms with Crippen molar-refractivity contribution >= 4 is 16.9 Å². The Kier molecular flexibility index (Phi) is 5.69. The van der Waals surface area contributed by atoms with Crippen molar-refractivity contribution in [2.45, 2.75) is 26.3 Å². The van der Waals surface area contributed by atoms with Gasteiger partial charge in [0.15, 0.2) is 11.3 Å². The molecule has 0 saturated heterocycles. The van der Waals surface area contributed by atoms with E-state index < -0.39 is 11.5 Å². The van der Waals surface area contributed by atoms with Crippen LogP contribution in [-0.4, -0.2) is 12.5 Å². The van der Waals surface area contributed by atoms with Gasteiger partial charge in [-0.2, -0.15) is 0 Å². The average Bonchev–Trinajstić information content (AvgIpc) is 2.67. The fourth-order valence-corrected chi connectivity index (χ4v) is 2.59. The zero-order valence-corrected chi connectivity index (χ0v) is 14.7. The smallest absolute Gasteiger partial charge is 0.349 e. The van der Waals surface area contributed by atoms with E-state index in [0.29, 0.717) is 29.9 Å². The Hall–Kier alpha value is -3.08. The van der Waals surface area contributed by atoms with Gasteiger partial charge in [-0.15, -0.1) is 0 Å². The molecule has 0 bridgehead atoms. The van der Waals surface area contributed by atoms with Crippen LogP contribution in [0, 0.1) is 0 Å². The van der Waals surface area contributed by atoms with Gasteiger partial charge in [-0.1, -0.05) is 55.8 Å². The molecule has 134 valence electrons. The molecule has 0 spiro atoms. The third kappa shape index (κ3) is 4.11. The molecule has 26 heavy (non-hydrogen) atoms. The third-order valence-electron chi connectivity index (χ3n) is 4.02. The van der Waals surface area contributed by atoms with Crippen LogP contribution in [0.3, 0.4) is 0 Å². The van der Waals surface area contributed by atoms with Gasteiger partial charge in [-0.25, -0.2) is 4.79 Å². The number of amides is 1. The second-order valence-electron chi connectivity index (χ2n) is 5.99. The lowest BCUT2D eigenvalue weighted by Gasteiger charge is -2.09. The number of ether oxygens (including phenoxy) is 1. The lowest BCUT2D eigenvalue weighted by molar-refractivity contribution is 0.0947. The number of hydrogen-bond acceptors (Lipinski definition) is 4. The maximum atomic E-state index is 12.4. The fourth-order valence-electron chi connectivity index (χ4n) is 2.59. The highest BCUT2D eigenvalue weighted by Gasteiger charge is 2.15. The first-order valence-corrected chi connectivity index (χ1v) is 8.71. The minimum Gasteiger partial charge on any atom is -0.490 e. The normalized spacial score (nSPS) is 10.7. The highest BCUT2D eigenvalue weighted by atomic mass is 16.5. The van der Waals surface area contributed by atoms with Gasteiger partial charge >= 0.3 is 5.63 Å². The van der Waals surface area contributed by atoms with Crippen molar-refractivity contribution in [3.63, 3.8) is 0 Å². The summed E-state index contributed by atoms with van der Waals surface area (Å²) in [6.07, 6.45) is 1.93. The predicted octanol–water partition coefficient (Wildman–Crippen LogP) is 3.90. The van der Waals surface area contributed by atoms with E-state index in [1.54, 1.807) is 18.2 Å². The molecule has 3 aromatic rings. The van der Waals surface area contributed by atoms with E-state index in [-0.39, 0.29) is 5.56 Å². The molecular weight excluding hydrogens is 330 g/mol. The largest absolute Gasteiger partial charge is 0.490 e. The van der Waals surface area contributed by atoms with E-state index >= 15 is 0 Å². The second kappa shape index (κ2) is 8.34. The van der Waals surface area contributed by atoms with Crippen LogP contribution in [0.5, 0.6) is 5.75 Å². The van der Waals surface area contributed by atoms with Crippen LogP contribution in [0.15, 0.2) is 63.8 Å². The van der Waals surface area contributed by atoms with E-state index in [4.69, 9.17) is 9.15 Å². The number of unbranched alkanes of at least 4 members (excludes halogenated alkanes) is 1. The summed E-state index contributed by atoms with van der Waals surface area (Å²) in [6, 6.07) is 16.4. The molecule has 2 aromatic carbocycles. The summed E-state index contributed by atoms with van der Waals surface area (Å²) in [4.78, 5) is 24.7. The summed E-state index contributed by atoms with van der Waals surface area (Å²) in [5.74, 6) is 0.0612. The van der Waals surface area contributed by atoms with Gasteiger partial charge in [0.05, 0.1) is 6.61 Å². The topological polar surface area (TPSA) is 68.5 Å². The van der Waals surface area contributed by atoms with E-state index in [9.17, 15) is 9.59 Å². The number of hydrogen-bond donors (Lipinski definition) is 1. The molecule has 0 aliphatic heterocycles.